The van der Waals surface area contributed by atoms with E-state index in [1.165, 1.54) is 32.1 Å². The molecular weight excluding hydrogens is 290 g/mol. The van der Waals surface area contributed by atoms with Crippen molar-refractivity contribution in [1.82, 2.24) is 0 Å². The van der Waals surface area contributed by atoms with E-state index in [9.17, 15) is 4.79 Å². The molecule has 134 valence electrons. The lowest BCUT2D eigenvalue weighted by molar-refractivity contribution is -0.161. The zero-order valence-electron chi connectivity index (χ0n) is 15.1. The Kier molecular flexibility index (Phi) is 7.35. The number of ether oxygens (including phenoxy) is 2. The minimum absolute atomic E-state index is 0.00671. The zero-order valence-corrected chi connectivity index (χ0v) is 15.1. The summed E-state index contributed by atoms with van der Waals surface area (Å²) in [5, 5.41) is 0. The number of esters is 1. The Morgan fingerprint density at radius 1 is 1.17 bits per heavy atom. The Balaban J connectivity index is 2.08. The number of cyclic esters (lactones) is 1. The summed E-state index contributed by atoms with van der Waals surface area (Å²) in [6.45, 7) is 7.02. The van der Waals surface area contributed by atoms with Gasteiger partial charge in [-0.1, -0.05) is 46.0 Å². The highest BCUT2D eigenvalue weighted by molar-refractivity contribution is 5.75. The highest BCUT2D eigenvalue weighted by atomic mass is 16.6. The molecule has 1 heterocycles. The first-order chi connectivity index (χ1) is 11.0. The first kappa shape index (κ1) is 18.7. The maximum atomic E-state index is 12.1. The van der Waals surface area contributed by atoms with Gasteiger partial charge in [-0.05, 0) is 43.9 Å². The number of hydrogen-bond donors (Lipinski definition) is 1. The van der Waals surface area contributed by atoms with Gasteiger partial charge in [0.15, 0.2) is 0 Å². The maximum absolute atomic E-state index is 12.1. The van der Waals surface area contributed by atoms with Crippen molar-refractivity contribution in [3.8, 4) is 0 Å². The first-order valence-corrected chi connectivity index (χ1v) is 9.55. The molecule has 1 aliphatic carbocycles. The summed E-state index contributed by atoms with van der Waals surface area (Å²) < 4.78 is 11.9. The number of carbonyl (C=O) groups excluding carboxylic acids is 1. The third-order valence-electron chi connectivity index (χ3n) is 5.35. The van der Waals surface area contributed by atoms with Gasteiger partial charge in [0.2, 0.25) is 0 Å². The molecule has 4 nitrogen and oxygen atoms in total. The van der Waals surface area contributed by atoms with Gasteiger partial charge in [0.25, 0.3) is 0 Å². The van der Waals surface area contributed by atoms with Crippen LogP contribution >= 0.6 is 0 Å². The fourth-order valence-electron chi connectivity index (χ4n) is 4.10. The zero-order chi connectivity index (χ0) is 16.8. The number of nitrogens with two attached hydrogens (primary N) is 1. The lowest BCUT2D eigenvalue weighted by atomic mass is 9.83. The molecule has 4 unspecified atom stereocenters. The predicted octanol–water partition coefficient (Wildman–Crippen LogP) is 3.67. The van der Waals surface area contributed by atoms with Gasteiger partial charge >= 0.3 is 5.97 Å². The summed E-state index contributed by atoms with van der Waals surface area (Å²) in [4.78, 5) is 12.1. The summed E-state index contributed by atoms with van der Waals surface area (Å²) >= 11 is 0. The normalized spacial score (nSPS) is 34.0. The number of rotatable bonds is 5. The van der Waals surface area contributed by atoms with Crippen LogP contribution in [0.5, 0.6) is 0 Å². The smallest absolute Gasteiger partial charge is 0.323 e. The van der Waals surface area contributed by atoms with Crippen LogP contribution in [0, 0.1) is 17.8 Å². The minimum atomic E-state index is -0.478. The van der Waals surface area contributed by atoms with E-state index >= 15 is 0 Å². The molecule has 0 radical (unpaired) electrons. The Bertz CT molecular complexity index is 366. The molecule has 1 saturated carbocycles. The van der Waals surface area contributed by atoms with Crippen molar-refractivity contribution in [2.75, 3.05) is 6.61 Å². The first-order valence-electron chi connectivity index (χ1n) is 9.55. The molecule has 2 N–H and O–H groups in total. The van der Waals surface area contributed by atoms with Crippen LogP contribution in [-0.2, 0) is 14.3 Å². The van der Waals surface area contributed by atoms with Gasteiger partial charge in [0.05, 0.1) is 6.10 Å². The van der Waals surface area contributed by atoms with E-state index < -0.39 is 6.04 Å². The van der Waals surface area contributed by atoms with Gasteiger partial charge in [-0.25, -0.2) is 0 Å². The molecule has 2 aliphatic rings. The second-order valence-corrected chi connectivity index (χ2v) is 8.02. The van der Waals surface area contributed by atoms with Gasteiger partial charge < -0.3 is 15.2 Å². The lowest BCUT2D eigenvalue weighted by Gasteiger charge is -2.33. The van der Waals surface area contributed by atoms with Gasteiger partial charge in [0.1, 0.15) is 12.1 Å². The summed E-state index contributed by atoms with van der Waals surface area (Å²) in [5.41, 5.74) is 5.94. The van der Waals surface area contributed by atoms with Crippen molar-refractivity contribution in [1.29, 1.82) is 0 Å². The molecule has 2 fully saturated rings. The molecular formula is C19H35NO3. The predicted molar refractivity (Wildman–Crippen MR) is 92.0 cm³/mol. The quantitative estimate of drug-likeness (QED) is 0.784. The van der Waals surface area contributed by atoms with Crippen LogP contribution in [0.15, 0.2) is 0 Å². The van der Waals surface area contributed by atoms with Crippen molar-refractivity contribution in [2.24, 2.45) is 23.5 Å². The van der Waals surface area contributed by atoms with Gasteiger partial charge in [-0.3, -0.25) is 4.79 Å². The van der Waals surface area contributed by atoms with Crippen molar-refractivity contribution in [3.05, 3.63) is 0 Å². The maximum Gasteiger partial charge on any atom is 0.323 e. The average molecular weight is 325 g/mol. The van der Waals surface area contributed by atoms with Gasteiger partial charge in [0, 0.05) is 6.61 Å². The third kappa shape index (κ3) is 5.75. The highest BCUT2D eigenvalue weighted by Crippen LogP contribution is 2.36. The summed E-state index contributed by atoms with van der Waals surface area (Å²) in [7, 11) is 0. The van der Waals surface area contributed by atoms with Crippen molar-refractivity contribution >= 4 is 5.97 Å². The average Bonchev–Trinajstić information content (AvgIpc) is 2.99. The van der Waals surface area contributed by atoms with Crippen LogP contribution in [0.3, 0.4) is 0 Å². The van der Waals surface area contributed by atoms with E-state index in [4.69, 9.17) is 15.2 Å². The van der Waals surface area contributed by atoms with E-state index in [1.807, 2.05) is 6.92 Å². The lowest BCUT2D eigenvalue weighted by Crippen LogP contribution is -2.41. The van der Waals surface area contributed by atoms with Crippen molar-refractivity contribution in [3.63, 3.8) is 0 Å². The third-order valence-corrected chi connectivity index (χ3v) is 5.35. The van der Waals surface area contributed by atoms with Gasteiger partial charge in [-0.15, -0.1) is 0 Å². The van der Waals surface area contributed by atoms with E-state index in [-0.39, 0.29) is 18.2 Å². The summed E-state index contributed by atoms with van der Waals surface area (Å²) in [5.74, 6) is 1.52. The van der Waals surface area contributed by atoms with Crippen LogP contribution < -0.4 is 5.73 Å². The molecule has 2 rings (SSSR count). The van der Waals surface area contributed by atoms with Gasteiger partial charge in [-0.2, -0.15) is 0 Å². The Labute approximate surface area is 141 Å². The van der Waals surface area contributed by atoms with E-state index in [0.717, 1.165) is 31.8 Å². The topological polar surface area (TPSA) is 61.5 Å². The molecule has 4 heteroatoms. The molecule has 0 aromatic carbocycles. The standard InChI is InChI=1S/C19H35NO3/c1-13(2)12-22-18-14(3)23-19(21)17(20)10-6-9-16(18)11-15-7-4-5-8-15/h13-18H,4-12,20H2,1-3H3. The molecule has 23 heavy (non-hydrogen) atoms. The Morgan fingerprint density at radius 3 is 2.52 bits per heavy atom. The molecule has 1 aliphatic heterocycles. The molecule has 0 aromatic heterocycles. The van der Waals surface area contributed by atoms with Crippen LogP contribution in [0.4, 0.5) is 0 Å². The molecule has 0 amide bonds. The molecule has 0 spiro atoms. The fourth-order valence-corrected chi connectivity index (χ4v) is 4.10. The van der Waals surface area contributed by atoms with Crippen molar-refractivity contribution < 1.29 is 14.3 Å². The SMILES string of the molecule is CC(C)COC1C(CC2CCCC2)CCCC(N)C(=O)OC1C. The van der Waals surface area contributed by atoms with E-state index in [2.05, 4.69) is 13.8 Å². The molecule has 0 bridgehead atoms. The Hall–Kier alpha value is -0.610. The number of hydrogen-bond acceptors (Lipinski definition) is 4. The Morgan fingerprint density at radius 2 is 1.87 bits per heavy atom. The van der Waals surface area contributed by atoms with Crippen molar-refractivity contribution in [2.45, 2.75) is 90.4 Å². The second-order valence-electron chi connectivity index (χ2n) is 8.02. The highest BCUT2D eigenvalue weighted by Gasteiger charge is 2.35. The largest absolute Gasteiger partial charge is 0.459 e. The van der Waals surface area contributed by atoms with E-state index in [0.29, 0.717) is 11.8 Å². The number of carbonyl (C=O) groups is 1. The molecule has 0 aromatic rings. The van der Waals surface area contributed by atoms with Crippen LogP contribution in [0.2, 0.25) is 0 Å². The minimum Gasteiger partial charge on any atom is -0.459 e. The summed E-state index contributed by atoms with van der Waals surface area (Å²) in [6, 6.07) is -0.478. The fraction of sp³-hybridized carbons (Fsp3) is 0.947. The van der Waals surface area contributed by atoms with Crippen LogP contribution in [0.1, 0.15) is 72.1 Å². The second kappa shape index (κ2) is 9.03. The van der Waals surface area contributed by atoms with Crippen LogP contribution in [0.25, 0.3) is 0 Å². The molecule has 4 atom stereocenters. The van der Waals surface area contributed by atoms with Crippen LogP contribution in [-0.4, -0.2) is 30.8 Å². The summed E-state index contributed by atoms with van der Waals surface area (Å²) in [6.07, 6.45) is 9.24. The monoisotopic (exact) mass is 325 g/mol. The molecule has 1 saturated heterocycles. The van der Waals surface area contributed by atoms with E-state index in [1.54, 1.807) is 0 Å².